The van der Waals surface area contributed by atoms with E-state index in [9.17, 15) is 23.1 Å². The van der Waals surface area contributed by atoms with Crippen molar-refractivity contribution in [2.24, 2.45) is 10.7 Å². The molecule has 160 valence electrons. The molecular formula is C20H16F3N5O3. The molecule has 1 aliphatic heterocycles. The molecule has 0 bridgehead atoms. The molecule has 0 saturated carbocycles. The number of phenolic OH excluding ortho intramolecular Hbond substituents is 1. The van der Waals surface area contributed by atoms with Crippen LogP contribution in [0.4, 0.5) is 18.9 Å². The second-order valence-corrected chi connectivity index (χ2v) is 6.70. The van der Waals surface area contributed by atoms with Crippen LogP contribution in [0.5, 0.6) is 5.75 Å². The molecule has 2 aromatic rings. The summed E-state index contributed by atoms with van der Waals surface area (Å²) in [5, 5.41) is 21.6. The van der Waals surface area contributed by atoms with Gasteiger partial charge in [-0.15, -0.1) is 0 Å². The number of halogens is 3. The molecule has 3 rings (SSSR count). The highest BCUT2D eigenvalue weighted by atomic mass is 19.3. The lowest BCUT2D eigenvalue weighted by atomic mass is 9.90. The van der Waals surface area contributed by atoms with E-state index in [2.05, 4.69) is 15.3 Å². The third-order valence-corrected chi connectivity index (χ3v) is 4.45. The van der Waals surface area contributed by atoms with Crippen molar-refractivity contribution in [2.75, 3.05) is 12.0 Å². The van der Waals surface area contributed by atoms with Gasteiger partial charge in [-0.1, -0.05) is 0 Å². The lowest BCUT2D eigenvalue weighted by molar-refractivity contribution is 0.100. The molecule has 0 spiro atoms. The Morgan fingerprint density at radius 2 is 2.16 bits per heavy atom. The molecule has 1 aliphatic rings. The number of amidine groups is 1. The third-order valence-electron chi connectivity index (χ3n) is 4.45. The molecular weight excluding hydrogens is 415 g/mol. The fourth-order valence-corrected chi connectivity index (χ4v) is 3.07. The summed E-state index contributed by atoms with van der Waals surface area (Å²) in [5.74, 6) is -1.28. The summed E-state index contributed by atoms with van der Waals surface area (Å²) >= 11 is 0. The number of allylic oxidation sites excluding steroid dienone is 1. The van der Waals surface area contributed by atoms with Crippen LogP contribution >= 0.6 is 0 Å². The monoisotopic (exact) mass is 431 g/mol. The number of aliphatic imine (C=N–C) groups is 1. The van der Waals surface area contributed by atoms with Crippen LogP contribution in [0.3, 0.4) is 0 Å². The zero-order valence-electron chi connectivity index (χ0n) is 16.1. The number of hydrogen-bond acceptors (Lipinski definition) is 7. The van der Waals surface area contributed by atoms with Crippen LogP contribution in [0.15, 0.2) is 47.3 Å². The predicted octanol–water partition coefficient (Wildman–Crippen LogP) is 3.26. The minimum Gasteiger partial charge on any atom is -0.508 e. The number of benzene rings is 1. The average molecular weight is 431 g/mol. The number of amides is 1. The van der Waals surface area contributed by atoms with E-state index < -0.39 is 35.8 Å². The first-order valence-electron chi connectivity index (χ1n) is 8.80. The van der Waals surface area contributed by atoms with Crippen molar-refractivity contribution in [3.05, 3.63) is 64.7 Å². The minimum absolute atomic E-state index is 0.104. The third kappa shape index (κ3) is 4.42. The number of carbonyl (C=O) groups is 1. The number of alkyl halides is 3. The second-order valence-electron chi connectivity index (χ2n) is 6.70. The van der Waals surface area contributed by atoms with Crippen molar-refractivity contribution >= 4 is 17.6 Å². The molecule has 1 aromatic carbocycles. The second kappa shape index (κ2) is 8.35. The lowest BCUT2D eigenvalue weighted by Gasteiger charge is -2.28. The Hall–Kier alpha value is -4.07. The summed E-state index contributed by atoms with van der Waals surface area (Å²) in [6.07, 6.45) is -0.701. The van der Waals surface area contributed by atoms with Crippen LogP contribution in [-0.4, -0.2) is 28.7 Å². The van der Waals surface area contributed by atoms with Gasteiger partial charge in [-0.25, -0.2) is 23.1 Å². The van der Waals surface area contributed by atoms with Crippen LogP contribution < -0.4 is 11.1 Å². The molecule has 0 radical (unpaired) electrons. The fraction of sp³-hybridized carbons (Fsp3) is 0.200. The molecule has 1 amide bonds. The number of nitriles is 1. The van der Waals surface area contributed by atoms with E-state index in [1.807, 2.05) is 0 Å². The Morgan fingerprint density at radius 3 is 2.81 bits per heavy atom. The summed E-state index contributed by atoms with van der Waals surface area (Å²) < 4.78 is 44.7. The van der Waals surface area contributed by atoms with Crippen molar-refractivity contribution < 1.29 is 27.8 Å². The number of carbonyl (C=O) groups excluding carboxylic acids is 1. The van der Waals surface area contributed by atoms with E-state index in [-0.39, 0.29) is 34.3 Å². The highest BCUT2D eigenvalue weighted by Gasteiger charge is 2.32. The SMILES string of the molecule is C[C@@]1(c2cc(NC(=O)c3ncc(C#N)cc3C(F)F)ccc2O)C=C(CF)OC(N)=N1. The number of nitrogens with zero attached hydrogens (tertiary/aromatic N) is 3. The largest absolute Gasteiger partial charge is 0.508 e. The van der Waals surface area contributed by atoms with Crippen LogP contribution in [0.25, 0.3) is 0 Å². The molecule has 1 aromatic heterocycles. The number of anilines is 1. The first kappa shape index (κ1) is 21.6. The van der Waals surface area contributed by atoms with Crippen LogP contribution in [0.2, 0.25) is 0 Å². The number of nitrogens with one attached hydrogen (secondary N) is 1. The van der Waals surface area contributed by atoms with Crippen molar-refractivity contribution in [3.63, 3.8) is 0 Å². The molecule has 8 nitrogen and oxygen atoms in total. The molecule has 0 aliphatic carbocycles. The van der Waals surface area contributed by atoms with Gasteiger partial charge in [0.1, 0.15) is 35.5 Å². The number of ether oxygens (including phenoxy) is 1. The normalized spacial score (nSPS) is 17.9. The van der Waals surface area contributed by atoms with Crippen LogP contribution in [-0.2, 0) is 10.3 Å². The molecule has 31 heavy (non-hydrogen) atoms. The summed E-state index contributed by atoms with van der Waals surface area (Å²) in [4.78, 5) is 20.3. The number of rotatable bonds is 5. The van der Waals surface area contributed by atoms with Crippen molar-refractivity contribution in [2.45, 2.75) is 18.9 Å². The first-order valence-corrected chi connectivity index (χ1v) is 8.80. The topological polar surface area (TPSA) is 134 Å². The number of hydrogen-bond donors (Lipinski definition) is 3. The Balaban J connectivity index is 1.97. The number of aromatic nitrogens is 1. The molecule has 0 saturated heterocycles. The summed E-state index contributed by atoms with van der Waals surface area (Å²) in [7, 11) is 0. The molecule has 2 heterocycles. The smallest absolute Gasteiger partial charge is 0.288 e. The van der Waals surface area contributed by atoms with E-state index >= 15 is 0 Å². The highest BCUT2D eigenvalue weighted by Crippen LogP contribution is 2.38. The van der Waals surface area contributed by atoms with Crippen molar-refractivity contribution in [3.8, 4) is 11.8 Å². The number of nitrogens with two attached hydrogens (primary N) is 1. The standard InChI is InChI=1S/C20H16F3N5O3/c1-20(6-12(7-21)31-19(25)28-20)14-5-11(2-3-15(14)29)27-18(30)16-13(17(22)23)4-10(8-24)9-26-16/h2-6,9,17,29H,7H2,1H3,(H2,25,28)(H,27,30)/t20-/m0/s1. The summed E-state index contributed by atoms with van der Waals surface area (Å²) in [6, 6.07) is 6.18. The minimum atomic E-state index is -3.03. The van der Waals surface area contributed by atoms with Gasteiger partial charge in [-0.05, 0) is 37.3 Å². The van der Waals surface area contributed by atoms with Crippen LogP contribution in [0.1, 0.15) is 40.5 Å². The lowest BCUT2D eigenvalue weighted by Crippen LogP contribution is -2.30. The van der Waals surface area contributed by atoms with Gasteiger partial charge in [-0.3, -0.25) is 4.79 Å². The first-order chi connectivity index (χ1) is 14.7. The zero-order valence-corrected chi connectivity index (χ0v) is 16.1. The average Bonchev–Trinajstić information content (AvgIpc) is 2.73. The molecule has 4 N–H and O–H groups in total. The van der Waals surface area contributed by atoms with Crippen LogP contribution in [0, 0.1) is 11.3 Å². The Morgan fingerprint density at radius 1 is 1.42 bits per heavy atom. The summed E-state index contributed by atoms with van der Waals surface area (Å²) in [5.41, 5.74) is 3.20. The molecule has 11 heteroatoms. The maximum absolute atomic E-state index is 13.3. The Kier molecular flexibility index (Phi) is 5.83. The molecule has 0 fully saturated rings. The highest BCUT2D eigenvalue weighted by molar-refractivity contribution is 6.04. The maximum atomic E-state index is 13.3. The van der Waals surface area contributed by atoms with E-state index in [1.165, 1.54) is 31.2 Å². The van der Waals surface area contributed by atoms with Gasteiger partial charge in [0.2, 0.25) is 0 Å². The fourth-order valence-electron chi connectivity index (χ4n) is 3.07. The molecule has 1 atom stereocenters. The van der Waals surface area contributed by atoms with E-state index in [0.29, 0.717) is 0 Å². The Bertz CT molecular complexity index is 1140. The summed E-state index contributed by atoms with van der Waals surface area (Å²) in [6.45, 7) is 0.583. The predicted molar refractivity (Wildman–Crippen MR) is 104 cm³/mol. The van der Waals surface area contributed by atoms with Gasteiger partial charge < -0.3 is 20.9 Å². The van der Waals surface area contributed by atoms with Crippen molar-refractivity contribution in [1.29, 1.82) is 5.26 Å². The van der Waals surface area contributed by atoms with Gasteiger partial charge in [0.05, 0.1) is 11.1 Å². The van der Waals surface area contributed by atoms with E-state index in [1.54, 1.807) is 6.07 Å². The molecule has 0 unspecified atom stereocenters. The number of aromatic hydroxyl groups is 1. The van der Waals surface area contributed by atoms with Gasteiger partial charge in [0.15, 0.2) is 0 Å². The number of pyridine rings is 1. The maximum Gasteiger partial charge on any atom is 0.288 e. The van der Waals surface area contributed by atoms with Crippen molar-refractivity contribution in [1.82, 2.24) is 4.98 Å². The van der Waals surface area contributed by atoms with E-state index in [0.717, 1.165) is 12.3 Å². The van der Waals surface area contributed by atoms with Gasteiger partial charge in [-0.2, -0.15) is 5.26 Å². The number of phenols is 1. The van der Waals surface area contributed by atoms with E-state index in [4.69, 9.17) is 15.7 Å². The van der Waals surface area contributed by atoms with Gasteiger partial charge in [0, 0.05) is 17.4 Å². The zero-order chi connectivity index (χ0) is 22.8. The van der Waals surface area contributed by atoms with Gasteiger partial charge >= 0.3 is 0 Å². The van der Waals surface area contributed by atoms with Gasteiger partial charge in [0.25, 0.3) is 18.4 Å². The quantitative estimate of drug-likeness (QED) is 0.622. The Labute approximate surface area is 174 Å².